The van der Waals surface area contributed by atoms with Gasteiger partial charge in [-0.25, -0.2) is 4.98 Å². The summed E-state index contributed by atoms with van der Waals surface area (Å²) in [7, 11) is 0. The molecule has 0 spiro atoms. The van der Waals surface area contributed by atoms with Gasteiger partial charge in [0.2, 0.25) is 0 Å². The number of thiazole rings is 1. The monoisotopic (exact) mass is 356 g/mol. The molecule has 3 rings (SSSR count). The molecule has 0 saturated heterocycles. The van der Waals surface area contributed by atoms with Gasteiger partial charge < -0.3 is 0 Å². The minimum Gasteiger partial charge on any atom is -0.235 e. The van der Waals surface area contributed by atoms with Crippen LogP contribution in [0.1, 0.15) is 16.1 Å². The highest BCUT2D eigenvalue weighted by atomic mass is 32.1. The fraction of sp³-hybridized carbons (Fsp3) is 0.0526. The van der Waals surface area contributed by atoms with Crippen LogP contribution in [-0.2, 0) is 6.18 Å². The third-order valence-electron chi connectivity index (χ3n) is 3.45. The standard InChI is InChI=1S/C19H11F3N2S/c20-19(21,22)16-8-4-5-13(10-16)9-15(11-23)18-24-17(12-25-18)14-6-2-1-3-7-14/h1-10,12H/b15-9+. The fourth-order valence-electron chi connectivity index (χ4n) is 2.25. The van der Waals surface area contributed by atoms with Crippen LogP contribution in [0.3, 0.4) is 0 Å². The lowest BCUT2D eigenvalue weighted by Crippen LogP contribution is -2.04. The summed E-state index contributed by atoms with van der Waals surface area (Å²) in [5, 5.41) is 11.7. The van der Waals surface area contributed by atoms with E-state index in [9.17, 15) is 18.4 Å². The first-order valence-corrected chi connectivity index (χ1v) is 8.16. The molecule has 0 fully saturated rings. The van der Waals surface area contributed by atoms with Gasteiger partial charge in [-0.1, -0.05) is 42.5 Å². The van der Waals surface area contributed by atoms with Gasteiger partial charge in [0.15, 0.2) is 0 Å². The van der Waals surface area contributed by atoms with Gasteiger partial charge in [0.25, 0.3) is 0 Å². The number of halogens is 3. The highest BCUT2D eigenvalue weighted by Gasteiger charge is 2.30. The first kappa shape index (κ1) is 16.9. The lowest BCUT2D eigenvalue weighted by Gasteiger charge is -2.06. The topological polar surface area (TPSA) is 36.7 Å². The summed E-state index contributed by atoms with van der Waals surface area (Å²) in [5.74, 6) is 0. The summed E-state index contributed by atoms with van der Waals surface area (Å²) in [5.41, 5.74) is 1.43. The van der Waals surface area contributed by atoms with E-state index >= 15 is 0 Å². The Morgan fingerprint density at radius 3 is 2.52 bits per heavy atom. The zero-order valence-corrected chi connectivity index (χ0v) is 13.6. The molecule has 0 amide bonds. The Balaban J connectivity index is 1.95. The van der Waals surface area contributed by atoms with E-state index in [4.69, 9.17) is 0 Å². The van der Waals surface area contributed by atoms with Gasteiger partial charge in [0.05, 0.1) is 16.8 Å². The van der Waals surface area contributed by atoms with Crippen molar-refractivity contribution in [3.05, 3.63) is 76.1 Å². The van der Waals surface area contributed by atoms with Gasteiger partial charge in [-0.3, -0.25) is 0 Å². The van der Waals surface area contributed by atoms with E-state index in [1.54, 1.807) is 0 Å². The molecule has 1 heterocycles. The van der Waals surface area contributed by atoms with E-state index in [1.807, 2.05) is 41.8 Å². The molecule has 0 saturated carbocycles. The van der Waals surface area contributed by atoms with E-state index in [1.165, 1.54) is 29.5 Å². The molecule has 0 aliphatic carbocycles. The molecule has 0 radical (unpaired) electrons. The molecule has 2 nitrogen and oxygen atoms in total. The molecular weight excluding hydrogens is 345 g/mol. The first-order valence-electron chi connectivity index (χ1n) is 7.28. The van der Waals surface area contributed by atoms with Crippen molar-refractivity contribution < 1.29 is 13.2 Å². The molecule has 0 aliphatic heterocycles. The highest BCUT2D eigenvalue weighted by molar-refractivity contribution is 7.11. The number of allylic oxidation sites excluding steroid dienone is 1. The highest BCUT2D eigenvalue weighted by Crippen LogP contribution is 2.31. The van der Waals surface area contributed by atoms with Crippen LogP contribution in [0.2, 0.25) is 0 Å². The van der Waals surface area contributed by atoms with E-state index in [0.29, 0.717) is 10.6 Å². The van der Waals surface area contributed by atoms with Crippen molar-refractivity contribution in [2.75, 3.05) is 0 Å². The second-order valence-corrected chi connectivity index (χ2v) is 6.06. The second-order valence-electron chi connectivity index (χ2n) is 5.20. The summed E-state index contributed by atoms with van der Waals surface area (Å²) in [6.07, 6.45) is -3.00. The van der Waals surface area contributed by atoms with Gasteiger partial charge in [-0.2, -0.15) is 18.4 Å². The Labute approximate surface area is 146 Å². The van der Waals surface area contributed by atoms with E-state index in [0.717, 1.165) is 23.4 Å². The number of alkyl halides is 3. The van der Waals surface area contributed by atoms with Crippen molar-refractivity contribution in [1.82, 2.24) is 4.98 Å². The molecule has 124 valence electrons. The van der Waals surface area contributed by atoms with Gasteiger partial charge in [-0.05, 0) is 23.8 Å². The maximum Gasteiger partial charge on any atom is 0.416 e. The molecule has 2 aromatic carbocycles. The average Bonchev–Trinajstić information content (AvgIpc) is 3.10. The third-order valence-corrected chi connectivity index (χ3v) is 4.33. The number of rotatable bonds is 3. The van der Waals surface area contributed by atoms with E-state index in [2.05, 4.69) is 4.98 Å². The Morgan fingerprint density at radius 2 is 1.84 bits per heavy atom. The first-order chi connectivity index (χ1) is 12.0. The zero-order valence-electron chi connectivity index (χ0n) is 12.8. The third kappa shape index (κ3) is 3.95. The smallest absolute Gasteiger partial charge is 0.235 e. The van der Waals surface area contributed by atoms with Crippen LogP contribution in [0.5, 0.6) is 0 Å². The summed E-state index contributed by atoms with van der Waals surface area (Å²) < 4.78 is 38.4. The van der Waals surface area contributed by atoms with Crippen LogP contribution in [0.15, 0.2) is 60.0 Å². The van der Waals surface area contributed by atoms with Crippen LogP contribution >= 0.6 is 11.3 Å². The summed E-state index contributed by atoms with van der Waals surface area (Å²) in [6.45, 7) is 0. The maximum atomic E-state index is 12.8. The van der Waals surface area contributed by atoms with Crippen molar-refractivity contribution in [3.63, 3.8) is 0 Å². The predicted molar refractivity (Wildman–Crippen MR) is 92.5 cm³/mol. The van der Waals surface area contributed by atoms with Gasteiger partial charge in [0, 0.05) is 10.9 Å². The van der Waals surface area contributed by atoms with Crippen molar-refractivity contribution in [1.29, 1.82) is 5.26 Å². The van der Waals surface area contributed by atoms with Gasteiger partial charge in [-0.15, -0.1) is 11.3 Å². The van der Waals surface area contributed by atoms with E-state index in [-0.39, 0.29) is 5.57 Å². The Hall–Kier alpha value is -2.91. The number of hydrogen-bond acceptors (Lipinski definition) is 3. The van der Waals surface area contributed by atoms with Gasteiger partial charge >= 0.3 is 6.18 Å². The molecule has 0 unspecified atom stereocenters. The maximum absolute atomic E-state index is 12.8. The lowest BCUT2D eigenvalue weighted by molar-refractivity contribution is -0.137. The van der Waals surface area contributed by atoms with Gasteiger partial charge in [0.1, 0.15) is 11.1 Å². The number of aromatic nitrogens is 1. The molecule has 6 heteroatoms. The number of nitrogens with zero attached hydrogens (tertiary/aromatic N) is 2. The summed E-state index contributed by atoms with van der Waals surface area (Å²) in [6, 6.07) is 16.4. The number of hydrogen-bond donors (Lipinski definition) is 0. The molecule has 0 aliphatic rings. The van der Waals surface area contributed by atoms with E-state index < -0.39 is 11.7 Å². The number of benzene rings is 2. The van der Waals surface area contributed by atoms with Crippen LogP contribution in [0, 0.1) is 11.3 Å². The van der Waals surface area contributed by atoms with Crippen LogP contribution < -0.4 is 0 Å². The minimum atomic E-state index is -4.42. The van der Waals surface area contributed by atoms with Crippen LogP contribution in [0.4, 0.5) is 13.2 Å². The molecular formula is C19H11F3N2S. The van der Waals surface area contributed by atoms with Crippen molar-refractivity contribution in [2.24, 2.45) is 0 Å². The normalized spacial score (nSPS) is 12.0. The van der Waals surface area contributed by atoms with Crippen LogP contribution in [-0.4, -0.2) is 4.98 Å². The Bertz CT molecular complexity index is 951. The Kier molecular flexibility index (Phi) is 4.68. The molecule has 1 aromatic heterocycles. The minimum absolute atomic E-state index is 0.228. The largest absolute Gasteiger partial charge is 0.416 e. The predicted octanol–water partition coefficient (Wildman–Crippen LogP) is 5.89. The van der Waals surface area contributed by atoms with Crippen molar-refractivity contribution in [3.8, 4) is 17.3 Å². The SMILES string of the molecule is N#C/C(=C\c1cccc(C(F)(F)F)c1)c1nc(-c2ccccc2)cs1. The quantitative estimate of drug-likeness (QED) is 0.548. The van der Waals surface area contributed by atoms with Crippen molar-refractivity contribution >= 4 is 23.0 Å². The fourth-order valence-corrected chi connectivity index (χ4v) is 3.05. The molecule has 0 atom stereocenters. The average molecular weight is 356 g/mol. The summed E-state index contributed by atoms with van der Waals surface area (Å²) >= 11 is 1.28. The van der Waals surface area contributed by atoms with Crippen LogP contribution in [0.25, 0.3) is 22.9 Å². The molecule has 25 heavy (non-hydrogen) atoms. The molecule has 0 N–H and O–H groups in total. The Morgan fingerprint density at radius 1 is 1.08 bits per heavy atom. The molecule has 3 aromatic rings. The zero-order chi connectivity index (χ0) is 17.9. The summed E-state index contributed by atoms with van der Waals surface area (Å²) in [4.78, 5) is 4.42. The lowest BCUT2D eigenvalue weighted by atomic mass is 10.1. The second kappa shape index (κ2) is 6.91. The molecule has 0 bridgehead atoms. The van der Waals surface area contributed by atoms with Crippen molar-refractivity contribution in [2.45, 2.75) is 6.18 Å². The number of nitriles is 1.